The van der Waals surface area contributed by atoms with E-state index in [0.29, 0.717) is 0 Å². The van der Waals surface area contributed by atoms with Crippen molar-refractivity contribution in [3.63, 3.8) is 0 Å². The van der Waals surface area contributed by atoms with E-state index in [0.717, 1.165) is 12.3 Å². The van der Waals surface area contributed by atoms with E-state index in [1.54, 1.807) is 0 Å². The Balaban J connectivity index is 2.68. The molecule has 0 aliphatic heterocycles. The van der Waals surface area contributed by atoms with Gasteiger partial charge in [0.05, 0.1) is 0 Å². The molecular weight excluding hydrogens is 108 g/mol. The first kappa shape index (κ1) is 7.27. The second-order valence-electron chi connectivity index (χ2n) is 1.67. The number of hydrogen-bond acceptors (Lipinski definition) is 3. The zero-order valence-corrected chi connectivity index (χ0v) is 5.66. The molecule has 0 heterocycles. The third-order valence-electron chi connectivity index (χ3n) is 0.656. The Morgan fingerprint density at radius 2 is 2.14 bits per heavy atom. The van der Waals surface area contributed by atoms with Gasteiger partial charge in [0.2, 0.25) is 0 Å². The zero-order valence-electron chi connectivity index (χ0n) is 4.85. The molecule has 2 N–H and O–H groups in total. The average molecular weight is 120 g/mol. The summed E-state index contributed by atoms with van der Waals surface area (Å²) in [6.07, 6.45) is 0. The summed E-state index contributed by atoms with van der Waals surface area (Å²) in [5.74, 6) is 1.02. The van der Waals surface area contributed by atoms with Gasteiger partial charge in [-0.1, -0.05) is 11.9 Å². The minimum atomic E-state index is 1.02. The van der Waals surface area contributed by atoms with E-state index in [2.05, 4.69) is 4.90 Å². The lowest BCUT2D eigenvalue weighted by Gasteiger charge is -2.05. The second kappa shape index (κ2) is 4.43. The van der Waals surface area contributed by atoms with Crippen molar-refractivity contribution in [1.82, 2.24) is 4.90 Å². The van der Waals surface area contributed by atoms with Crippen LogP contribution >= 0.6 is 11.9 Å². The van der Waals surface area contributed by atoms with Crippen LogP contribution in [0.2, 0.25) is 0 Å². The van der Waals surface area contributed by atoms with Gasteiger partial charge in [-0.2, -0.15) is 0 Å². The van der Waals surface area contributed by atoms with Crippen molar-refractivity contribution in [1.29, 1.82) is 0 Å². The largest absolute Gasteiger partial charge is 0.309 e. The van der Waals surface area contributed by atoms with Gasteiger partial charge in [-0.15, -0.1) is 0 Å². The summed E-state index contributed by atoms with van der Waals surface area (Å²) in [5, 5.41) is 5.17. The van der Waals surface area contributed by atoms with Gasteiger partial charge < -0.3 is 4.90 Å². The number of rotatable bonds is 3. The highest BCUT2D eigenvalue weighted by Crippen LogP contribution is 1.84. The summed E-state index contributed by atoms with van der Waals surface area (Å²) in [5.41, 5.74) is 0. The molecule has 0 amide bonds. The lowest BCUT2D eigenvalue weighted by molar-refractivity contribution is 0.437. The SMILES string of the molecule is CN(C)CCSN. The van der Waals surface area contributed by atoms with Gasteiger partial charge in [0, 0.05) is 12.3 Å². The van der Waals surface area contributed by atoms with Gasteiger partial charge in [0.15, 0.2) is 0 Å². The highest BCUT2D eigenvalue weighted by Gasteiger charge is 1.84. The molecule has 0 saturated heterocycles. The first-order valence-electron chi connectivity index (χ1n) is 2.24. The Morgan fingerprint density at radius 1 is 1.57 bits per heavy atom. The highest BCUT2D eigenvalue weighted by atomic mass is 32.2. The topological polar surface area (TPSA) is 29.3 Å². The monoisotopic (exact) mass is 120 g/mol. The van der Waals surface area contributed by atoms with Gasteiger partial charge in [0.25, 0.3) is 0 Å². The van der Waals surface area contributed by atoms with Crippen LogP contribution in [0.3, 0.4) is 0 Å². The molecule has 0 aliphatic rings. The maximum atomic E-state index is 5.17. The van der Waals surface area contributed by atoms with Crippen LogP contribution in [-0.2, 0) is 0 Å². The summed E-state index contributed by atoms with van der Waals surface area (Å²) < 4.78 is 0. The van der Waals surface area contributed by atoms with Crippen LogP contribution in [0.4, 0.5) is 0 Å². The molecule has 0 unspecified atom stereocenters. The highest BCUT2D eigenvalue weighted by molar-refractivity contribution is 7.97. The minimum absolute atomic E-state index is 1.02. The molecule has 0 rings (SSSR count). The van der Waals surface area contributed by atoms with Crippen LogP contribution in [-0.4, -0.2) is 31.3 Å². The van der Waals surface area contributed by atoms with E-state index < -0.39 is 0 Å². The van der Waals surface area contributed by atoms with E-state index in [9.17, 15) is 0 Å². The molecule has 0 aromatic heterocycles. The fourth-order valence-electron chi connectivity index (χ4n) is 0.235. The molecule has 0 radical (unpaired) electrons. The number of hydrogen-bond donors (Lipinski definition) is 1. The first-order valence-corrected chi connectivity index (χ1v) is 3.28. The summed E-state index contributed by atoms with van der Waals surface area (Å²) in [6.45, 7) is 1.07. The number of nitrogens with two attached hydrogens (primary N) is 1. The average Bonchev–Trinajstić information content (AvgIpc) is 1.61. The molecule has 0 aliphatic carbocycles. The molecule has 0 aromatic carbocycles. The fourth-order valence-corrected chi connectivity index (χ4v) is 0.706. The van der Waals surface area contributed by atoms with E-state index in [4.69, 9.17) is 5.14 Å². The second-order valence-corrected chi connectivity index (χ2v) is 2.42. The van der Waals surface area contributed by atoms with Crippen molar-refractivity contribution in [2.24, 2.45) is 5.14 Å². The summed E-state index contributed by atoms with van der Waals surface area (Å²) in [7, 11) is 4.08. The first-order chi connectivity index (χ1) is 3.27. The summed E-state index contributed by atoms with van der Waals surface area (Å²) in [6, 6.07) is 0. The normalized spacial score (nSPS) is 10.3. The molecule has 0 aromatic rings. The summed E-state index contributed by atoms with van der Waals surface area (Å²) >= 11 is 1.39. The molecular formula is C4H12N2S. The van der Waals surface area contributed by atoms with Crippen molar-refractivity contribution >= 4 is 11.9 Å². The van der Waals surface area contributed by atoms with Crippen molar-refractivity contribution in [2.75, 3.05) is 26.4 Å². The fraction of sp³-hybridized carbons (Fsp3) is 1.00. The molecule has 0 bridgehead atoms. The molecule has 0 fully saturated rings. The minimum Gasteiger partial charge on any atom is -0.309 e. The van der Waals surface area contributed by atoms with Crippen molar-refractivity contribution < 1.29 is 0 Å². The molecule has 0 saturated carbocycles. The molecule has 3 heteroatoms. The van der Waals surface area contributed by atoms with E-state index in [1.165, 1.54) is 11.9 Å². The Morgan fingerprint density at radius 3 is 2.29 bits per heavy atom. The Kier molecular flexibility index (Phi) is 4.60. The lowest BCUT2D eigenvalue weighted by atomic mass is 10.7. The Bertz CT molecular complexity index is 38.7. The quantitative estimate of drug-likeness (QED) is 0.538. The van der Waals surface area contributed by atoms with Gasteiger partial charge >= 0.3 is 0 Å². The van der Waals surface area contributed by atoms with Crippen molar-refractivity contribution in [2.45, 2.75) is 0 Å². The predicted octanol–water partition coefficient (Wildman–Crippen LogP) is 0.155. The molecule has 0 atom stereocenters. The standard InChI is InChI=1S/C4H12N2S/c1-6(2)3-4-7-5/h3-5H2,1-2H3. The molecule has 44 valence electrons. The molecule has 7 heavy (non-hydrogen) atoms. The molecule has 2 nitrogen and oxygen atoms in total. The van der Waals surface area contributed by atoms with Crippen LogP contribution in [0.1, 0.15) is 0 Å². The Labute approximate surface area is 49.2 Å². The maximum absolute atomic E-state index is 5.17. The van der Waals surface area contributed by atoms with Crippen LogP contribution in [0, 0.1) is 0 Å². The van der Waals surface area contributed by atoms with Crippen LogP contribution < -0.4 is 5.14 Å². The van der Waals surface area contributed by atoms with Crippen LogP contribution in [0.25, 0.3) is 0 Å². The summed E-state index contributed by atoms with van der Waals surface area (Å²) in [4.78, 5) is 2.11. The van der Waals surface area contributed by atoms with Gasteiger partial charge in [0.1, 0.15) is 0 Å². The van der Waals surface area contributed by atoms with Crippen LogP contribution in [0.15, 0.2) is 0 Å². The smallest absolute Gasteiger partial charge is 0.0204 e. The van der Waals surface area contributed by atoms with E-state index in [1.807, 2.05) is 14.1 Å². The van der Waals surface area contributed by atoms with Crippen molar-refractivity contribution in [3.05, 3.63) is 0 Å². The van der Waals surface area contributed by atoms with E-state index >= 15 is 0 Å². The third kappa shape index (κ3) is 6.27. The number of nitrogens with zero attached hydrogens (tertiary/aromatic N) is 1. The maximum Gasteiger partial charge on any atom is 0.0204 e. The van der Waals surface area contributed by atoms with Crippen LogP contribution in [0.5, 0.6) is 0 Å². The Hall–Kier alpha value is 0.270. The lowest BCUT2D eigenvalue weighted by Crippen LogP contribution is -2.15. The molecule has 0 spiro atoms. The van der Waals surface area contributed by atoms with Gasteiger partial charge in [-0.3, -0.25) is 5.14 Å². The predicted molar refractivity (Wildman–Crippen MR) is 35.2 cm³/mol. The zero-order chi connectivity index (χ0) is 5.70. The van der Waals surface area contributed by atoms with Crippen molar-refractivity contribution in [3.8, 4) is 0 Å². The van der Waals surface area contributed by atoms with Gasteiger partial charge in [-0.05, 0) is 14.1 Å². The third-order valence-corrected chi connectivity index (χ3v) is 1.07. The van der Waals surface area contributed by atoms with Gasteiger partial charge in [-0.25, -0.2) is 0 Å². The van der Waals surface area contributed by atoms with E-state index in [-0.39, 0.29) is 0 Å².